The van der Waals surface area contributed by atoms with Gasteiger partial charge in [0.25, 0.3) is 11.8 Å². The topological polar surface area (TPSA) is 124 Å². The molecule has 3 amide bonds. The summed E-state index contributed by atoms with van der Waals surface area (Å²) in [6, 6.07) is 10.7. The van der Waals surface area contributed by atoms with Gasteiger partial charge in [-0.3, -0.25) is 14.4 Å². The summed E-state index contributed by atoms with van der Waals surface area (Å²) in [5.74, 6) is 0.260. The van der Waals surface area contributed by atoms with Crippen LogP contribution in [-0.2, 0) is 9.59 Å². The monoisotopic (exact) mass is 527 g/mol. The van der Waals surface area contributed by atoms with E-state index >= 15 is 0 Å². The number of carbonyl (C=O) groups is 3. The maximum Gasteiger partial charge on any atom is 0.257 e. The van der Waals surface area contributed by atoms with Gasteiger partial charge in [-0.05, 0) is 49.6 Å². The number of nitrogens with zero attached hydrogens (tertiary/aromatic N) is 4. The summed E-state index contributed by atoms with van der Waals surface area (Å²) in [5.41, 5.74) is 7.68. The molecule has 4 N–H and O–H groups in total. The number of nitrogen functional groups attached to an aromatic ring is 1. The Morgan fingerprint density at radius 1 is 1.10 bits per heavy atom. The minimum absolute atomic E-state index is 0.0163. The first-order chi connectivity index (χ1) is 18.9. The number of benzene rings is 1. The molecule has 5 rings (SSSR count). The highest BCUT2D eigenvalue weighted by Crippen LogP contribution is 2.40. The molecule has 1 aromatic heterocycles. The number of rotatable bonds is 6. The molecule has 0 atom stereocenters. The van der Waals surface area contributed by atoms with Gasteiger partial charge in [0.1, 0.15) is 17.9 Å². The van der Waals surface area contributed by atoms with Crippen LogP contribution in [0.4, 0.5) is 17.2 Å². The van der Waals surface area contributed by atoms with E-state index in [4.69, 9.17) is 5.73 Å². The van der Waals surface area contributed by atoms with Crippen LogP contribution in [0.1, 0.15) is 29.6 Å². The van der Waals surface area contributed by atoms with E-state index in [1.165, 1.54) is 0 Å². The second-order valence-corrected chi connectivity index (χ2v) is 9.86. The second kappa shape index (κ2) is 11.0. The van der Waals surface area contributed by atoms with Gasteiger partial charge in [0.05, 0.1) is 23.6 Å². The van der Waals surface area contributed by atoms with Gasteiger partial charge in [0.2, 0.25) is 5.91 Å². The van der Waals surface area contributed by atoms with E-state index in [0.29, 0.717) is 49.5 Å². The highest BCUT2D eigenvalue weighted by atomic mass is 16.2. The Morgan fingerprint density at radius 3 is 2.62 bits per heavy atom. The third-order valence-corrected chi connectivity index (χ3v) is 7.55. The van der Waals surface area contributed by atoms with Crippen LogP contribution in [0, 0.1) is 0 Å². The number of likely N-dealkylation sites (N-methyl/N-ethyl adjacent to an activating group) is 1. The fraction of sp³-hybridized carbons (Fsp3) is 0.310. The lowest BCUT2D eigenvalue weighted by atomic mass is 9.85. The van der Waals surface area contributed by atoms with Crippen LogP contribution in [0.3, 0.4) is 0 Å². The van der Waals surface area contributed by atoms with Crippen LogP contribution in [0.5, 0.6) is 0 Å². The van der Waals surface area contributed by atoms with E-state index in [1.807, 2.05) is 36.4 Å². The summed E-state index contributed by atoms with van der Waals surface area (Å²) in [5, 5.41) is 5.44. The van der Waals surface area contributed by atoms with Crippen LogP contribution < -0.4 is 21.3 Å². The highest BCUT2D eigenvalue weighted by molar-refractivity contribution is 6.05. The number of allylic oxidation sites excluding steroid dienone is 5. The number of hydrogen-bond acceptors (Lipinski definition) is 7. The lowest BCUT2D eigenvalue weighted by Gasteiger charge is -2.44. The van der Waals surface area contributed by atoms with E-state index in [-0.39, 0.29) is 24.3 Å². The van der Waals surface area contributed by atoms with Crippen molar-refractivity contribution in [2.45, 2.75) is 24.8 Å². The Labute approximate surface area is 227 Å². The number of amides is 3. The number of nitrogens with one attached hydrogen (secondary N) is 2. The minimum Gasteiger partial charge on any atom is -0.397 e. The van der Waals surface area contributed by atoms with Crippen molar-refractivity contribution in [2.24, 2.45) is 0 Å². The van der Waals surface area contributed by atoms with Crippen LogP contribution >= 0.6 is 0 Å². The summed E-state index contributed by atoms with van der Waals surface area (Å²) in [6.45, 7) is 1.64. The molecule has 1 aliphatic carbocycles. The van der Waals surface area contributed by atoms with Gasteiger partial charge in [0.15, 0.2) is 0 Å². The molecular formula is C29H33N7O3. The molecule has 1 spiro atoms. The summed E-state index contributed by atoms with van der Waals surface area (Å²) in [6.07, 6.45) is 13.7. The molecule has 0 radical (unpaired) electrons. The molecule has 10 heteroatoms. The maximum absolute atomic E-state index is 13.8. The Hall–Kier alpha value is -4.60. The standard InChI is InChI=1S/C29H33N7O3/c1-31-26(37)19-35-20-36(22-8-4-2-3-5-9-22)29(28(35)39)14-16-34(17-15-29)25-13-12-21(18-32-25)27(38)33-24-11-7-6-10-23(24)30/h2-4,6-13,18H,5,14-17,19-20,30H2,1H3,(H,31,37)(H,33,38). The van der Waals surface area contributed by atoms with Gasteiger partial charge in [0, 0.05) is 32.0 Å². The Bertz CT molecular complexity index is 1340. The maximum atomic E-state index is 13.8. The second-order valence-electron chi connectivity index (χ2n) is 9.86. The predicted octanol–water partition coefficient (Wildman–Crippen LogP) is 2.50. The molecule has 39 heavy (non-hydrogen) atoms. The van der Waals surface area contributed by atoms with Crippen molar-refractivity contribution in [1.29, 1.82) is 0 Å². The molecular weight excluding hydrogens is 494 g/mol. The Kier molecular flexibility index (Phi) is 7.36. The van der Waals surface area contributed by atoms with Crippen molar-refractivity contribution in [1.82, 2.24) is 20.1 Å². The lowest BCUT2D eigenvalue weighted by molar-refractivity contribution is -0.137. The molecule has 2 saturated heterocycles. The third-order valence-electron chi connectivity index (χ3n) is 7.55. The van der Waals surface area contributed by atoms with Gasteiger partial charge >= 0.3 is 0 Å². The van der Waals surface area contributed by atoms with Crippen molar-refractivity contribution in [2.75, 3.05) is 49.3 Å². The van der Waals surface area contributed by atoms with Crippen LogP contribution in [0.25, 0.3) is 0 Å². The zero-order chi connectivity index (χ0) is 27.4. The Morgan fingerprint density at radius 2 is 1.90 bits per heavy atom. The van der Waals surface area contributed by atoms with E-state index in [9.17, 15) is 14.4 Å². The molecule has 10 nitrogen and oxygen atoms in total. The minimum atomic E-state index is -0.722. The molecule has 0 saturated carbocycles. The lowest BCUT2D eigenvalue weighted by Crippen LogP contribution is -2.56. The zero-order valence-corrected chi connectivity index (χ0v) is 22.0. The first-order valence-corrected chi connectivity index (χ1v) is 13.1. The number of aromatic nitrogens is 1. The summed E-state index contributed by atoms with van der Waals surface area (Å²) >= 11 is 0. The number of para-hydroxylation sites is 2. The molecule has 2 aliphatic heterocycles. The largest absolute Gasteiger partial charge is 0.397 e. The number of anilines is 3. The Balaban J connectivity index is 1.30. The molecule has 3 heterocycles. The number of carbonyl (C=O) groups excluding carboxylic acids is 3. The number of hydrogen-bond donors (Lipinski definition) is 3. The number of nitrogens with two attached hydrogens (primary N) is 1. The predicted molar refractivity (Wildman–Crippen MR) is 151 cm³/mol. The van der Waals surface area contributed by atoms with Crippen LogP contribution in [0.15, 0.2) is 78.7 Å². The van der Waals surface area contributed by atoms with Gasteiger partial charge in [-0.25, -0.2) is 4.98 Å². The molecule has 0 unspecified atom stereocenters. The van der Waals surface area contributed by atoms with Crippen molar-refractivity contribution >= 4 is 34.9 Å². The van der Waals surface area contributed by atoms with E-state index in [1.54, 1.807) is 36.3 Å². The molecule has 3 aliphatic rings. The molecule has 202 valence electrons. The van der Waals surface area contributed by atoms with E-state index in [0.717, 1.165) is 17.9 Å². The first kappa shape index (κ1) is 26.0. The normalized spacial score (nSPS) is 18.2. The third kappa shape index (κ3) is 5.22. The summed E-state index contributed by atoms with van der Waals surface area (Å²) < 4.78 is 0. The molecule has 0 bridgehead atoms. The van der Waals surface area contributed by atoms with Crippen molar-refractivity contribution in [3.63, 3.8) is 0 Å². The van der Waals surface area contributed by atoms with Crippen molar-refractivity contribution < 1.29 is 14.4 Å². The van der Waals surface area contributed by atoms with E-state index < -0.39 is 5.54 Å². The first-order valence-electron chi connectivity index (χ1n) is 13.1. The fourth-order valence-corrected chi connectivity index (χ4v) is 5.35. The number of piperidine rings is 1. The zero-order valence-electron chi connectivity index (χ0n) is 22.0. The molecule has 1 aromatic carbocycles. The molecule has 2 fully saturated rings. The van der Waals surface area contributed by atoms with Gasteiger partial charge in [-0.1, -0.05) is 36.4 Å². The smallest absolute Gasteiger partial charge is 0.257 e. The van der Waals surface area contributed by atoms with Crippen LogP contribution in [-0.4, -0.2) is 71.4 Å². The van der Waals surface area contributed by atoms with Crippen LogP contribution in [0.2, 0.25) is 0 Å². The van der Waals surface area contributed by atoms with Gasteiger partial charge in [-0.15, -0.1) is 0 Å². The average molecular weight is 528 g/mol. The summed E-state index contributed by atoms with van der Waals surface area (Å²) in [7, 11) is 1.58. The number of pyridine rings is 1. The summed E-state index contributed by atoms with van der Waals surface area (Å²) in [4.78, 5) is 49.1. The van der Waals surface area contributed by atoms with E-state index in [2.05, 4.69) is 37.6 Å². The van der Waals surface area contributed by atoms with Gasteiger partial charge in [-0.2, -0.15) is 0 Å². The SMILES string of the molecule is CNC(=O)CN1CN(C2=CCC=CC=C2)C2(CCN(c3ccc(C(=O)Nc4ccccc4N)cn3)CC2)C1=O. The molecule has 2 aromatic rings. The average Bonchev–Trinajstić information content (AvgIpc) is 3.12. The van der Waals surface area contributed by atoms with Crippen molar-refractivity contribution in [3.05, 3.63) is 84.2 Å². The highest BCUT2D eigenvalue weighted by Gasteiger charge is 2.54. The fourth-order valence-electron chi connectivity index (χ4n) is 5.35. The van der Waals surface area contributed by atoms with Gasteiger partial charge < -0.3 is 31.1 Å². The quantitative estimate of drug-likeness (QED) is 0.493. The van der Waals surface area contributed by atoms with Crippen molar-refractivity contribution in [3.8, 4) is 0 Å².